The summed E-state index contributed by atoms with van der Waals surface area (Å²) in [5, 5.41) is 23.8. The van der Waals surface area contributed by atoms with Crippen molar-refractivity contribution in [2.75, 3.05) is 5.32 Å². The fraction of sp³-hybridized carbons (Fsp3) is 0.440. The van der Waals surface area contributed by atoms with E-state index < -0.39 is 0 Å². The summed E-state index contributed by atoms with van der Waals surface area (Å²) < 4.78 is 2.27. The van der Waals surface area contributed by atoms with E-state index in [-0.39, 0.29) is 17.2 Å². The molecule has 2 fully saturated rings. The second-order valence-corrected chi connectivity index (χ2v) is 11.4. The van der Waals surface area contributed by atoms with Crippen molar-refractivity contribution in [1.29, 1.82) is 5.26 Å². The lowest BCUT2D eigenvalue weighted by Gasteiger charge is -2.30. The molecule has 8 heteroatoms. The van der Waals surface area contributed by atoms with Crippen molar-refractivity contribution in [1.82, 2.24) is 14.8 Å². The third-order valence-corrected chi connectivity index (χ3v) is 9.11. The van der Waals surface area contributed by atoms with Gasteiger partial charge in [-0.25, -0.2) is 0 Å². The summed E-state index contributed by atoms with van der Waals surface area (Å²) in [6.07, 6.45) is 5.33. The summed E-state index contributed by atoms with van der Waals surface area (Å²) in [7, 11) is 0. The van der Waals surface area contributed by atoms with E-state index in [2.05, 4.69) is 44.5 Å². The minimum Gasteiger partial charge on any atom is -0.324 e. The highest BCUT2D eigenvalue weighted by molar-refractivity contribution is 8.00. The Morgan fingerprint density at radius 1 is 1.21 bits per heavy atom. The van der Waals surface area contributed by atoms with Crippen molar-refractivity contribution < 1.29 is 4.79 Å². The highest BCUT2D eigenvalue weighted by atomic mass is 32.2. The molecule has 33 heavy (non-hydrogen) atoms. The number of carbonyl (C=O) groups is 1. The minimum atomic E-state index is -0.386. The number of anilines is 1. The zero-order valence-electron chi connectivity index (χ0n) is 18.8. The SMILES string of the molecule is CC(Sc1nnc(-c2cccs2)n1C(C)C1CC2CCC1C2)C(=O)Nc1ccccc1C#N. The summed E-state index contributed by atoms with van der Waals surface area (Å²) in [5.74, 6) is 3.02. The lowest BCUT2D eigenvalue weighted by Crippen LogP contribution is -2.25. The normalized spacial score (nSPS) is 23.2. The molecular weight excluding hydrogens is 450 g/mol. The molecule has 0 saturated heterocycles. The number of amides is 1. The number of aromatic nitrogens is 3. The van der Waals surface area contributed by atoms with Gasteiger partial charge < -0.3 is 5.32 Å². The van der Waals surface area contributed by atoms with E-state index in [1.165, 1.54) is 37.4 Å². The van der Waals surface area contributed by atoms with Gasteiger partial charge in [0.2, 0.25) is 5.91 Å². The van der Waals surface area contributed by atoms with Crippen LogP contribution in [0.1, 0.15) is 51.1 Å². The Morgan fingerprint density at radius 3 is 2.76 bits per heavy atom. The lowest BCUT2D eigenvalue weighted by atomic mass is 9.84. The van der Waals surface area contributed by atoms with Gasteiger partial charge in [-0.05, 0) is 74.4 Å². The van der Waals surface area contributed by atoms with Crippen molar-refractivity contribution in [3.8, 4) is 16.8 Å². The lowest BCUT2D eigenvalue weighted by molar-refractivity contribution is -0.115. The standard InChI is InChI=1S/C25H27N5OS2/c1-15(20-13-17-9-10-18(20)12-17)30-23(22-8-5-11-32-22)28-29-25(30)33-16(2)24(31)27-21-7-4-3-6-19(21)14-26/h3-8,11,15-18,20H,9-10,12-13H2,1-2H3,(H,27,31). The number of hydrogen-bond acceptors (Lipinski definition) is 6. The Kier molecular flexibility index (Phi) is 6.26. The summed E-state index contributed by atoms with van der Waals surface area (Å²) in [6.45, 7) is 4.17. The molecule has 1 N–H and O–H groups in total. The van der Waals surface area contributed by atoms with Gasteiger partial charge in [0.15, 0.2) is 11.0 Å². The Hall–Kier alpha value is -2.63. The average molecular weight is 478 g/mol. The molecule has 1 amide bonds. The van der Waals surface area contributed by atoms with E-state index in [1.54, 1.807) is 29.5 Å². The molecule has 2 saturated carbocycles. The molecule has 2 aromatic heterocycles. The number of para-hydroxylation sites is 1. The van der Waals surface area contributed by atoms with E-state index in [1.807, 2.05) is 19.1 Å². The van der Waals surface area contributed by atoms with Crippen LogP contribution in [0.25, 0.3) is 10.7 Å². The maximum Gasteiger partial charge on any atom is 0.237 e. The Labute approximate surface area is 202 Å². The first-order chi connectivity index (χ1) is 16.0. The molecule has 5 rings (SSSR count). The summed E-state index contributed by atoms with van der Waals surface area (Å²) in [6, 6.07) is 13.6. The number of nitrogens with one attached hydrogen (secondary N) is 1. The van der Waals surface area contributed by atoms with E-state index in [0.29, 0.717) is 17.2 Å². The Balaban J connectivity index is 1.40. The topological polar surface area (TPSA) is 83.6 Å². The van der Waals surface area contributed by atoms with Crippen molar-refractivity contribution in [2.24, 2.45) is 17.8 Å². The van der Waals surface area contributed by atoms with Gasteiger partial charge in [0, 0.05) is 6.04 Å². The summed E-state index contributed by atoms with van der Waals surface area (Å²) in [5.41, 5.74) is 0.990. The number of hydrogen-bond donors (Lipinski definition) is 1. The maximum atomic E-state index is 13.0. The van der Waals surface area contributed by atoms with Gasteiger partial charge in [0.1, 0.15) is 6.07 Å². The molecular formula is C25H27N5OS2. The van der Waals surface area contributed by atoms with Gasteiger partial charge in [-0.15, -0.1) is 21.5 Å². The Bertz CT molecular complexity index is 1180. The zero-order chi connectivity index (χ0) is 22.9. The molecule has 3 aromatic rings. The highest BCUT2D eigenvalue weighted by Crippen LogP contribution is 2.53. The fourth-order valence-electron chi connectivity index (χ4n) is 5.51. The number of benzene rings is 1. The molecule has 6 nitrogen and oxygen atoms in total. The van der Waals surface area contributed by atoms with Gasteiger partial charge >= 0.3 is 0 Å². The first-order valence-corrected chi connectivity index (χ1v) is 13.3. The van der Waals surface area contributed by atoms with Crippen LogP contribution in [0.3, 0.4) is 0 Å². The van der Waals surface area contributed by atoms with Crippen LogP contribution in [0.2, 0.25) is 0 Å². The summed E-state index contributed by atoms with van der Waals surface area (Å²) >= 11 is 3.10. The first-order valence-electron chi connectivity index (χ1n) is 11.5. The van der Waals surface area contributed by atoms with Crippen molar-refractivity contribution in [3.05, 3.63) is 47.3 Å². The van der Waals surface area contributed by atoms with Gasteiger partial charge in [-0.3, -0.25) is 9.36 Å². The molecule has 0 radical (unpaired) electrons. The van der Waals surface area contributed by atoms with E-state index in [9.17, 15) is 10.1 Å². The molecule has 2 aliphatic carbocycles. The maximum absolute atomic E-state index is 13.0. The van der Waals surface area contributed by atoms with Crippen molar-refractivity contribution in [2.45, 2.75) is 56.0 Å². The van der Waals surface area contributed by atoms with E-state index in [4.69, 9.17) is 0 Å². The molecule has 5 atom stereocenters. The van der Waals surface area contributed by atoms with Gasteiger partial charge in [0.05, 0.1) is 21.4 Å². The quantitative estimate of drug-likeness (QED) is 0.422. The largest absolute Gasteiger partial charge is 0.324 e. The Morgan fingerprint density at radius 2 is 2.06 bits per heavy atom. The molecule has 5 unspecified atom stereocenters. The smallest absolute Gasteiger partial charge is 0.237 e. The van der Waals surface area contributed by atoms with Crippen LogP contribution in [0, 0.1) is 29.1 Å². The number of nitrogens with zero attached hydrogens (tertiary/aromatic N) is 4. The highest BCUT2D eigenvalue weighted by Gasteiger charge is 2.43. The molecule has 0 spiro atoms. The van der Waals surface area contributed by atoms with E-state index >= 15 is 0 Å². The zero-order valence-corrected chi connectivity index (χ0v) is 20.4. The third-order valence-electron chi connectivity index (χ3n) is 7.18. The average Bonchev–Trinajstić information content (AvgIpc) is 3.63. The van der Waals surface area contributed by atoms with E-state index in [0.717, 1.165) is 27.7 Å². The fourth-order valence-corrected chi connectivity index (χ4v) is 7.15. The number of fused-ring (bicyclic) bond motifs is 2. The number of carbonyl (C=O) groups excluding carboxylic acids is 1. The number of nitriles is 1. The number of rotatable bonds is 7. The van der Waals surface area contributed by atoms with Gasteiger partial charge in [-0.1, -0.05) is 36.4 Å². The predicted molar refractivity (Wildman–Crippen MR) is 132 cm³/mol. The molecule has 170 valence electrons. The summed E-state index contributed by atoms with van der Waals surface area (Å²) in [4.78, 5) is 14.1. The molecule has 1 aromatic carbocycles. The third kappa shape index (κ3) is 4.32. The van der Waals surface area contributed by atoms with Crippen molar-refractivity contribution in [3.63, 3.8) is 0 Å². The van der Waals surface area contributed by atoms with Crippen LogP contribution in [0.15, 0.2) is 46.9 Å². The van der Waals surface area contributed by atoms with Crippen LogP contribution in [-0.2, 0) is 4.79 Å². The van der Waals surface area contributed by atoms with Crippen LogP contribution >= 0.6 is 23.1 Å². The second kappa shape index (κ2) is 9.32. The molecule has 2 aliphatic rings. The molecule has 2 bridgehead atoms. The van der Waals surface area contributed by atoms with Crippen LogP contribution < -0.4 is 5.32 Å². The first kappa shape index (κ1) is 22.2. The van der Waals surface area contributed by atoms with Crippen LogP contribution in [-0.4, -0.2) is 25.9 Å². The molecule has 2 heterocycles. The monoisotopic (exact) mass is 477 g/mol. The minimum absolute atomic E-state index is 0.150. The second-order valence-electron chi connectivity index (χ2n) is 9.14. The van der Waals surface area contributed by atoms with Gasteiger partial charge in [0.25, 0.3) is 0 Å². The van der Waals surface area contributed by atoms with Crippen molar-refractivity contribution >= 4 is 34.7 Å². The van der Waals surface area contributed by atoms with Gasteiger partial charge in [-0.2, -0.15) is 5.26 Å². The predicted octanol–water partition coefficient (Wildman–Crippen LogP) is 5.99. The number of thiophene rings is 1. The van der Waals surface area contributed by atoms with Crippen LogP contribution in [0.5, 0.6) is 0 Å². The molecule has 0 aliphatic heterocycles. The number of thioether (sulfide) groups is 1. The van der Waals surface area contributed by atoms with Crippen LogP contribution in [0.4, 0.5) is 5.69 Å².